The van der Waals surface area contributed by atoms with Crippen LogP contribution < -0.4 is 10.6 Å². The van der Waals surface area contributed by atoms with Crippen LogP contribution in [0.25, 0.3) is 0 Å². The molecule has 1 aromatic heterocycles. The van der Waals surface area contributed by atoms with Crippen molar-refractivity contribution in [2.45, 2.75) is 13.3 Å². The molecule has 1 aliphatic rings. The Hall–Kier alpha value is -1.23. The molecule has 1 aromatic rings. The molecule has 0 spiro atoms. The monoisotopic (exact) mass is 210 g/mol. The van der Waals surface area contributed by atoms with Gasteiger partial charge in [-0.05, 0) is 32.4 Å². The lowest BCUT2D eigenvalue weighted by molar-refractivity contribution is 0.587. The van der Waals surface area contributed by atoms with E-state index in [0.29, 0.717) is 17.4 Å². The SMILES string of the molecule is Cc1ncnc(NCC2CCNC2)c1F. The van der Waals surface area contributed by atoms with Crippen LogP contribution in [0.5, 0.6) is 0 Å². The van der Waals surface area contributed by atoms with Gasteiger partial charge in [0, 0.05) is 6.54 Å². The van der Waals surface area contributed by atoms with Crippen LogP contribution in [0.1, 0.15) is 12.1 Å². The topological polar surface area (TPSA) is 49.8 Å². The third-order valence-corrected chi connectivity index (χ3v) is 2.68. The van der Waals surface area contributed by atoms with Gasteiger partial charge in [0.25, 0.3) is 0 Å². The van der Waals surface area contributed by atoms with E-state index in [4.69, 9.17) is 0 Å². The smallest absolute Gasteiger partial charge is 0.186 e. The number of rotatable bonds is 3. The number of nitrogens with zero attached hydrogens (tertiary/aromatic N) is 2. The van der Waals surface area contributed by atoms with Crippen LogP contribution >= 0.6 is 0 Å². The maximum atomic E-state index is 13.5. The minimum absolute atomic E-state index is 0.314. The highest BCUT2D eigenvalue weighted by Crippen LogP contribution is 2.14. The molecule has 1 fully saturated rings. The molecular formula is C10H15FN4. The molecule has 2 heterocycles. The first-order chi connectivity index (χ1) is 7.27. The first-order valence-electron chi connectivity index (χ1n) is 5.19. The lowest BCUT2D eigenvalue weighted by atomic mass is 10.1. The third-order valence-electron chi connectivity index (χ3n) is 2.68. The number of nitrogens with one attached hydrogen (secondary N) is 2. The Morgan fingerprint density at radius 3 is 3.20 bits per heavy atom. The summed E-state index contributed by atoms with van der Waals surface area (Å²) in [6.45, 7) is 4.45. The number of halogens is 1. The molecular weight excluding hydrogens is 195 g/mol. The number of aromatic nitrogens is 2. The highest BCUT2D eigenvalue weighted by molar-refractivity contribution is 5.36. The molecule has 4 nitrogen and oxygen atoms in total. The summed E-state index contributed by atoms with van der Waals surface area (Å²) < 4.78 is 13.5. The van der Waals surface area contributed by atoms with Crippen LogP contribution in [0, 0.1) is 18.7 Å². The lowest BCUT2D eigenvalue weighted by Gasteiger charge is -2.11. The van der Waals surface area contributed by atoms with Gasteiger partial charge in [0.15, 0.2) is 11.6 Å². The summed E-state index contributed by atoms with van der Waals surface area (Å²) in [4.78, 5) is 7.66. The van der Waals surface area contributed by atoms with Crippen LogP contribution in [0.3, 0.4) is 0 Å². The molecule has 0 saturated carbocycles. The fourth-order valence-electron chi connectivity index (χ4n) is 1.71. The third kappa shape index (κ3) is 2.41. The van der Waals surface area contributed by atoms with E-state index < -0.39 is 0 Å². The van der Waals surface area contributed by atoms with Gasteiger partial charge >= 0.3 is 0 Å². The predicted octanol–water partition coefficient (Wildman–Crippen LogP) is 0.946. The summed E-state index contributed by atoms with van der Waals surface area (Å²) >= 11 is 0. The van der Waals surface area contributed by atoms with E-state index in [-0.39, 0.29) is 5.82 Å². The van der Waals surface area contributed by atoms with Gasteiger partial charge in [-0.25, -0.2) is 14.4 Å². The molecule has 1 saturated heterocycles. The Morgan fingerprint density at radius 2 is 2.47 bits per heavy atom. The molecule has 1 unspecified atom stereocenters. The van der Waals surface area contributed by atoms with Crippen molar-refractivity contribution in [2.24, 2.45) is 5.92 Å². The van der Waals surface area contributed by atoms with Gasteiger partial charge in [0.05, 0.1) is 5.69 Å². The Morgan fingerprint density at radius 1 is 1.60 bits per heavy atom. The zero-order valence-corrected chi connectivity index (χ0v) is 8.76. The van der Waals surface area contributed by atoms with Gasteiger partial charge in [0.2, 0.25) is 0 Å². The molecule has 2 rings (SSSR count). The lowest BCUT2D eigenvalue weighted by Crippen LogP contribution is -2.18. The van der Waals surface area contributed by atoms with Crippen molar-refractivity contribution in [3.8, 4) is 0 Å². The van der Waals surface area contributed by atoms with E-state index in [2.05, 4.69) is 20.6 Å². The standard InChI is InChI=1S/C10H15FN4/c1-7-9(11)10(15-6-14-7)13-5-8-2-3-12-4-8/h6,8,12H,2-5H2,1H3,(H,13,14,15). The molecule has 2 N–H and O–H groups in total. The molecule has 1 aliphatic heterocycles. The van der Waals surface area contributed by atoms with E-state index >= 15 is 0 Å². The molecule has 0 bridgehead atoms. The Bertz CT molecular complexity index is 336. The van der Waals surface area contributed by atoms with Crippen LogP contribution in [0.4, 0.5) is 10.2 Å². The van der Waals surface area contributed by atoms with Crippen LogP contribution in [-0.2, 0) is 0 Å². The van der Waals surface area contributed by atoms with Crippen molar-refractivity contribution in [1.29, 1.82) is 0 Å². The maximum absolute atomic E-state index is 13.5. The number of aryl methyl sites for hydroxylation is 1. The van der Waals surface area contributed by atoms with E-state index in [1.165, 1.54) is 6.33 Å². The Balaban J connectivity index is 1.95. The quantitative estimate of drug-likeness (QED) is 0.779. The molecule has 0 aromatic carbocycles. The highest BCUT2D eigenvalue weighted by atomic mass is 19.1. The minimum atomic E-state index is -0.344. The van der Waals surface area contributed by atoms with Crippen molar-refractivity contribution in [2.75, 3.05) is 25.0 Å². The van der Waals surface area contributed by atoms with E-state index in [1.807, 2.05) is 0 Å². The van der Waals surface area contributed by atoms with E-state index in [0.717, 1.165) is 26.1 Å². The molecule has 0 aliphatic carbocycles. The average Bonchev–Trinajstić information content (AvgIpc) is 2.73. The summed E-state index contributed by atoms with van der Waals surface area (Å²) in [5.74, 6) is 0.539. The predicted molar refractivity (Wildman–Crippen MR) is 56.2 cm³/mol. The first-order valence-corrected chi connectivity index (χ1v) is 5.19. The second-order valence-electron chi connectivity index (χ2n) is 3.86. The van der Waals surface area contributed by atoms with Crippen LogP contribution in [0.15, 0.2) is 6.33 Å². The Kier molecular flexibility index (Phi) is 3.11. The molecule has 1 atom stereocenters. The fraction of sp³-hybridized carbons (Fsp3) is 0.600. The highest BCUT2D eigenvalue weighted by Gasteiger charge is 2.15. The number of hydrogen-bond donors (Lipinski definition) is 2. The van der Waals surface area contributed by atoms with Crippen molar-refractivity contribution in [3.63, 3.8) is 0 Å². The minimum Gasteiger partial charge on any atom is -0.367 e. The molecule has 5 heteroatoms. The van der Waals surface area contributed by atoms with Crippen molar-refractivity contribution in [1.82, 2.24) is 15.3 Å². The molecule has 15 heavy (non-hydrogen) atoms. The molecule has 0 amide bonds. The van der Waals surface area contributed by atoms with Gasteiger partial charge < -0.3 is 10.6 Å². The van der Waals surface area contributed by atoms with Crippen LogP contribution in [-0.4, -0.2) is 29.6 Å². The maximum Gasteiger partial charge on any atom is 0.186 e. The van der Waals surface area contributed by atoms with Crippen LogP contribution in [0.2, 0.25) is 0 Å². The van der Waals surface area contributed by atoms with Gasteiger partial charge in [-0.1, -0.05) is 0 Å². The average molecular weight is 210 g/mol. The van der Waals surface area contributed by atoms with Gasteiger partial charge in [-0.2, -0.15) is 0 Å². The summed E-state index contributed by atoms with van der Waals surface area (Å²) in [5, 5.41) is 6.30. The summed E-state index contributed by atoms with van der Waals surface area (Å²) in [7, 11) is 0. The van der Waals surface area contributed by atoms with Crippen molar-refractivity contribution < 1.29 is 4.39 Å². The summed E-state index contributed by atoms with van der Waals surface area (Å²) in [6, 6.07) is 0. The van der Waals surface area contributed by atoms with E-state index in [1.54, 1.807) is 6.92 Å². The largest absolute Gasteiger partial charge is 0.367 e. The second-order valence-corrected chi connectivity index (χ2v) is 3.86. The molecule has 82 valence electrons. The summed E-state index contributed by atoms with van der Waals surface area (Å²) in [5.41, 5.74) is 0.386. The number of anilines is 1. The zero-order chi connectivity index (χ0) is 10.7. The Labute approximate surface area is 88.3 Å². The van der Waals surface area contributed by atoms with Crippen molar-refractivity contribution >= 4 is 5.82 Å². The summed E-state index contributed by atoms with van der Waals surface area (Å²) in [6.07, 6.45) is 2.52. The zero-order valence-electron chi connectivity index (χ0n) is 8.76. The fourth-order valence-corrected chi connectivity index (χ4v) is 1.71. The van der Waals surface area contributed by atoms with Gasteiger partial charge in [-0.15, -0.1) is 0 Å². The van der Waals surface area contributed by atoms with E-state index in [9.17, 15) is 4.39 Å². The molecule has 0 radical (unpaired) electrons. The van der Waals surface area contributed by atoms with Crippen molar-refractivity contribution in [3.05, 3.63) is 17.8 Å². The normalized spacial score (nSPS) is 20.5. The van der Waals surface area contributed by atoms with Gasteiger partial charge in [0.1, 0.15) is 6.33 Å². The second kappa shape index (κ2) is 4.53. The number of hydrogen-bond acceptors (Lipinski definition) is 4. The first kappa shape index (κ1) is 10.3. The van der Waals surface area contributed by atoms with Gasteiger partial charge in [-0.3, -0.25) is 0 Å².